The van der Waals surface area contributed by atoms with E-state index in [2.05, 4.69) is 11.8 Å². The van der Waals surface area contributed by atoms with E-state index in [0.717, 1.165) is 11.8 Å². The number of hydrogen-bond acceptors (Lipinski definition) is 2. The zero-order chi connectivity index (χ0) is 11.8. The fourth-order valence-corrected chi connectivity index (χ4v) is 2.88. The Morgan fingerprint density at radius 3 is 2.50 bits per heavy atom. The van der Waals surface area contributed by atoms with Crippen LogP contribution < -0.4 is 0 Å². The van der Waals surface area contributed by atoms with Crippen molar-refractivity contribution in [3.8, 4) is 11.8 Å². The largest absolute Gasteiger partial charge is 0.450 e. The number of carbonyl (C=O) groups is 1. The van der Waals surface area contributed by atoms with Crippen LogP contribution in [0.3, 0.4) is 0 Å². The predicted molar refractivity (Wildman–Crippen MR) is 62.6 cm³/mol. The van der Waals surface area contributed by atoms with Crippen molar-refractivity contribution >= 4 is 5.97 Å². The van der Waals surface area contributed by atoms with Gasteiger partial charge in [-0.25, -0.2) is 4.79 Å². The average molecular weight is 220 g/mol. The Hall–Kier alpha value is -0.970. The first-order chi connectivity index (χ1) is 7.44. The molecule has 88 valence electrons. The molecule has 0 saturated heterocycles. The highest BCUT2D eigenvalue weighted by molar-refractivity contribution is 5.88. The minimum absolute atomic E-state index is 0.379. The minimum atomic E-state index is -0.430. The maximum atomic E-state index is 11.4. The third-order valence-electron chi connectivity index (χ3n) is 3.50. The van der Waals surface area contributed by atoms with Crippen LogP contribution in [0.5, 0.6) is 0 Å². The third kappa shape index (κ3) is 2.78. The molecule has 0 amide bonds. The van der Waals surface area contributed by atoms with E-state index in [4.69, 9.17) is 4.74 Å². The van der Waals surface area contributed by atoms with Gasteiger partial charge in [-0.15, -0.1) is 0 Å². The summed E-state index contributed by atoms with van der Waals surface area (Å²) < 4.78 is 5.17. The Morgan fingerprint density at radius 1 is 1.25 bits per heavy atom. The van der Waals surface area contributed by atoms with E-state index in [1.165, 1.54) is 25.7 Å². The first-order valence-corrected chi connectivity index (χ1v) is 6.18. The molecule has 3 unspecified atom stereocenters. The van der Waals surface area contributed by atoms with E-state index < -0.39 is 5.60 Å². The number of hydrogen-bond donors (Lipinski definition) is 0. The van der Waals surface area contributed by atoms with Crippen LogP contribution in [0.25, 0.3) is 0 Å². The summed E-state index contributed by atoms with van der Waals surface area (Å²) in [5, 5.41) is 0. The molecule has 2 aliphatic rings. The van der Waals surface area contributed by atoms with Gasteiger partial charge in [0.05, 0.1) is 0 Å². The van der Waals surface area contributed by atoms with Gasteiger partial charge in [0.15, 0.2) is 0 Å². The average Bonchev–Trinajstić information content (AvgIpc) is 2.72. The van der Waals surface area contributed by atoms with E-state index >= 15 is 0 Å². The lowest BCUT2D eigenvalue weighted by molar-refractivity contribution is -0.147. The Labute approximate surface area is 97.7 Å². The summed E-state index contributed by atoms with van der Waals surface area (Å²) in [6.07, 6.45) is 5.20. The van der Waals surface area contributed by atoms with Crippen LogP contribution in [-0.2, 0) is 9.53 Å². The highest BCUT2D eigenvalue weighted by atomic mass is 16.6. The molecule has 2 heteroatoms. The summed E-state index contributed by atoms with van der Waals surface area (Å²) in [7, 11) is 0. The third-order valence-corrected chi connectivity index (χ3v) is 3.50. The first-order valence-electron chi connectivity index (χ1n) is 6.18. The summed E-state index contributed by atoms with van der Waals surface area (Å²) >= 11 is 0. The molecule has 2 aliphatic carbocycles. The molecule has 2 nitrogen and oxygen atoms in total. The van der Waals surface area contributed by atoms with Gasteiger partial charge in [-0.05, 0) is 51.9 Å². The Kier molecular flexibility index (Phi) is 2.97. The lowest BCUT2D eigenvalue weighted by Gasteiger charge is -2.17. The number of carbonyl (C=O) groups excluding carboxylic acids is 1. The molecule has 0 aromatic heterocycles. The van der Waals surface area contributed by atoms with E-state index in [0.29, 0.717) is 5.92 Å². The molecule has 16 heavy (non-hydrogen) atoms. The molecule has 0 heterocycles. The zero-order valence-electron chi connectivity index (χ0n) is 10.4. The molecule has 0 aromatic carbocycles. The van der Waals surface area contributed by atoms with E-state index in [1.807, 2.05) is 20.8 Å². The van der Waals surface area contributed by atoms with Gasteiger partial charge in [0.1, 0.15) is 5.60 Å². The zero-order valence-corrected chi connectivity index (χ0v) is 10.4. The maximum absolute atomic E-state index is 11.4. The number of rotatable bonds is 0. The van der Waals surface area contributed by atoms with Crippen LogP contribution in [0.1, 0.15) is 46.5 Å². The Balaban J connectivity index is 1.88. The predicted octanol–water partition coefficient (Wildman–Crippen LogP) is 2.77. The summed E-state index contributed by atoms with van der Waals surface area (Å²) in [6, 6.07) is 0. The van der Waals surface area contributed by atoms with E-state index in [9.17, 15) is 4.79 Å². The fraction of sp³-hybridized carbons (Fsp3) is 0.786. The van der Waals surface area contributed by atoms with Gasteiger partial charge in [0.2, 0.25) is 0 Å². The molecule has 2 saturated carbocycles. The van der Waals surface area contributed by atoms with Crippen molar-refractivity contribution in [1.29, 1.82) is 0 Å². The van der Waals surface area contributed by atoms with Gasteiger partial charge in [0.25, 0.3) is 0 Å². The van der Waals surface area contributed by atoms with Crippen molar-refractivity contribution in [2.75, 3.05) is 0 Å². The van der Waals surface area contributed by atoms with Gasteiger partial charge in [-0.2, -0.15) is 0 Å². The van der Waals surface area contributed by atoms with Crippen LogP contribution in [0.4, 0.5) is 0 Å². The van der Waals surface area contributed by atoms with Gasteiger partial charge >= 0.3 is 5.97 Å². The van der Waals surface area contributed by atoms with Crippen molar-refractivity contribution in [3.63, 3.8) is 0 Å². The van der Waals surface area contributed by atoms with Crippen LogP contribution in [0.2, 0.25) is 0 Å². The molecule has 0 aliphatic heterocycles. The molecular weight excluding hydrogens is 200 g/mol. The Bertz CT molecular complexity index is 340. The SMILES string of the molecule is CC(C)(C)OC(=O)C#CC1CC2CCC1C2. The second-order valence-corrected chi connectivity index (χ2v) is 6.05. The molecule has 0 spiro atoms. The van der Waals surface area contributed by atoms with E-state index in [1.54, 1.807) is 0 Å². The van der Waals surface area contributed by atoms with Crippen LogP contribution in [-0.4, -0.2) is 11.6 Å². The quantitative estimate of drug-likeness (QED) is 0.356. The topological polar surface area (TPSA) is 26.3 Å². The first kappa shape index (κ1) is 11.5. The van der Waals surface area contributed by atoms with Gasteiger partial charge in [-0.1, -0.05) is 12.3 Å². The molecule has 2 rings (SSSR count). The van der Waals surface area contributed by atoms with Gasteiger partial charge < -0.3 is 4.74 Å². The standard InChI is InChI=1S/C14H20O2/c1-14(2,3)16-13(15)7-6-12-9-10-4-5-11(12)8-10/h10-12H,4-5,8-9H2,1-3H3. The monoisotopic (exact) mass is 220 g/mol. The van der Waals surface area contributed by atoms with E-state index in [-0.39, 0.29) is 5.97 Å². The van der Waals surface area contributed by atoms with Crippen molar-refractivity contribution in [1.82, 2.24) is 0 Å². The molecular formula is C14H20O2. The van der Waals surface area contributed by atoms with Crippen LogP contribution in [0.15, 0.2) is 0 Å². The molecule has 0 radical (unpaired) electrons. The lowest BCUT2D eigenvalue weighted by atomic mass is 9.89. The van der Waals surface area contributed by atoms with Crippen LogP contribution >= 0.6 is 0 Å². The highest BCUT2D eigenvalue weighted by Crippen LogP contribution is 2.47. The second-order valence-electron chi connectivity index (χ2n) is 6.05. The number of esters is 1. The second kappa shape index (κ2) is 4.13. The fourth-order valence-electron chi connectivity index (χ4n) is 2.88. The number of ether oxygens (including phenoxy) is 1. The van der Waals surface area contributed by atoms with Crippen molar-refractivity contribution in [2.45, 2.75) is 52.1 Å². The molecule has 2 fully saturated rings. The summed E-state index contributed by atoms with van der Waals surface area (Å²) in [6.45, 7) is 5.60. The smallest absolute Gasteiger partial charge is 0.384 e. The molecule has 0 aromatic rings. The van der Waals surface area contributed by atoms with Crippen molar-refractivity contribution < 1.29 is 9.53 Å². The highest BCUT2D eigenvalue weighted by Gasteiger charge is 2.38. The van der Waals surface area contributed by atoms with Gasteiger partial charge in [-0.3, -0.25) is 0 Å². The molecule has 0 N–H and O–H groups in total. The van der Waals surface area contributed by atoms with Crippen molar-refractivity contribution in [2.24, 2.45) is 17.8 Å². The summed E-state index contributed by atoms with van der Waals surface area (Å²) in [5.41, 5.74) is -0.430. The van der Waals surface area contributed by atoms with Crippen LogP contribution in [0, 0.1) is 29.6 Å². The molecule has 3 atom stereocenters. The lowest BCUT2D eigenvalue weighted by Crippen LogP contribution is -2.23. The normalized spacial score (nSPS) is 32.1. The summed E-state index contributed by atoms with van der Waals surface area (Å²) in [4.78, 5) is 11.4. The minimum Gasteiger partial charge on any atom is -0.450 e. The molecule has 2 bridgehead atoms. The Morgan fingerprint density at radius 2 is 2.00 bits per heavy atom. The summed E-state index contributed by atoms with van der Waals surface area (Å²) in [5.74, 6) is 7.46. The number of fused-ring (bicyclic) bond motifs is 2. The van der Waals surface area contributed by atoms with Crippen molar-refractivity contribution in [3.05, 3.63) is 0 Å². The maximum Gasteiger partial charge on any atom is 0.384 e. The van der Waals surface area contributed by atoms with Gasteiger partial charge in [0, 0.05) is 11.8 Å².